The Kier molecular flexibility index (Phi) is 8.74. The predicted octanol–water partition coefficient (Wildman–Crippen LogP) is -4.21. The van der Waals surface area contributed by atoms with Gasteiger partial charge in [0.05, 0.1) is 19.0 Å². The fourth-order valence-electron chi connectivity index (χ4n) is 3.41. The number of phosphoric acid groups is 1. The van der Waals surface area contributed by atoms with Gasteiger partial charge < -0.3 is 49.9 Å². The molecule has 36 heavy (non-hydrogen) atoms. The molecule has 2 unspecified atom stereocenters. The first-order valence-corrected chi connectivity index (χ1v) is 13.2. The summed E-state index contributed by atoms with van der Waals surface area (Å²) in [5, 5.41) is 58.5. The van der Waals surface area contributed by atoms with Crippen molar-refractivity contribution < 1.29 is 67.9 Å². The van der Waals surface area contributed by atoms with Crippen LogP contribution in [0.2, 0.25) is 0 Å². The third kappa shape index (κ3) is 6.38. The Balaban J connectivity index is 1.65. The smallest absolute Gasteiger partial charge is 0.479 e. The van der Waals surface area contributed by atoms with Gasteiger partial charge in [0.15, 0.2) is 12.3 Å². The summed E-state index contributed by atoms with van der Waals surface area (Å²) in [6.07, 6.45) is -12.6. The summed E-state index contributed by atoms with van der Waals surface area (Å²) in [6, 6.07) is 0.938. The number of aliphatic hydroxyl groups excluding tert-OH is 6. The summed E-state index contributed by atoms with van der Waals surface area (Å²) in [5.41, 5.74) is -1.73. The van der Waals surface area contributed by atoms with Crippen LogP contribution in [0.5, 0.6) is 0 Å². The Hall–Kier alpha value is -1.76. The van der Waals surface area contributed by atoms with Gasteiger partial charge in [0.25, 0.3) is 5.56 Å². The summed E-state index contributed by atoms with van der Waals surface area (Å²) in [7, 11) is -10.6. The van der Waals surface area contributed by atoms with E-state index >= 15 is 0 Å². The van der Waals surface area contributed by atoms with Gasteiger partial charge in [-0.05, 0) is 0 Å². The van der Waals surface area contributed by atoms with Crippen molar-refractivity contribution in [1.29, 1.82) is 0 Å². The Bertz CT molecular complexity index is 1180. The first-order valence-electron chi connectivity index (χ1n) is 10.0. The molecule has 9 N–H and O–H groups in total. The van der Waals surface area contributed by atoms with Crippen molar-refractivity contribution in [3.63, 3.8) is 0 Å². The monoisotopic (exact) mass is 562 g/mol. The van der Waals surface area contributed by atoms with Crippen molar-refractivity contribution in [1.82, 2.24) is 9.55 Å². The van der Waals surface area contributed by atoms with Crippen molar-refractivity contribution in [2.45, 2.75) is 49.0 Å². The molecule has 2 aliphatic rings. The zero-order chi connectivity index (χ0) is 27.0. The van der Waals surface area contributed by atoms with Crippen LogP contribution in [0.3, 0.4) is 0 Å². The topological polar surface area (TPSA) is 288 Å². The molecule has 18 nitrogen and oxygen atoms in total. The minimum atomic E-state index is -5.39. The highest BCUT2D eigenvalue weighted by molar-refractivity contribution is 7.66. The van der Waals surface area contributed by atoms with Gasteiger partial charge in [0, 0.05) is 12.3 Å². The van der Waals surface area contributed by atoms with E-state index in [0.29, 0.717) is 0 Å². The molecule has 1 aromatic rings. The predicted molar refractivity (Wildman–Crippen MR) is 112 cm³/mol. The van der Waals surface area contributed by atoms with Crippen LogP contribution in [0, 0.1) is 0 Å². The number of hydrogen-bond donors (Lipinski definition) is 9. The number of phosphoric ester groups is 1. The highest BCUT2D eigenvalue weighted by Gasteiger charge is 2.47. The summed E-state index contributed by atoms with van der Waals surface area (Å²) in [4.78, 5) is 44.7. The molecule has 0 spiro atoms. The molecule has 0 aromatic carbocycles. The van der Waals surface area contributed by atoms with Crippen LogP contribution < -0.4 is 11.2 Å². The largest absolute Gasteiger partial charge is 0.486 e. The standard InChI is InChI=1S/C16H24N2O16P2/c19-3-6(20)14-12(24)11(23)8(32-14)5-35(27,28)34-36(29,30)31-4-7-10(22)13(25)15(33-7)18-2-1-9(21)17-16(18)26/h1-2,5-7,10-15,19-20,22-25H,3-4H2,(H,27,28)(H,29,30)(H,17,21,26)/b8-5-/t6-,7-,10-,11+,12-,13-,14+,15-/m1/s1. The molecule has 1 aromatic heterocycles. The van der Waals surface area contributed by atoms with Gasteiger partial charge in [-0.25, -0.2) is 13.7 Å². The number of aliphatic hydroxyl groups is 6. The number of H-pyrrole nitrogens is 1. The van der Waals surface area contributed by atoms with Gasteiger partial charge >= 0.3 is 21.1 Å². The lowest BCUT2D eigenvalue weighted by Crippen LogP contribution is -2.40. The fraction of sp³-hybridized carbons (Fsp3) is 0.625. The molecule has 204 valence electrons. The highest BCUT2D eigenvalue weighted by atomic mass is 31.3. The molecule has 2 aliphatic heterocycles. The second-order valence-corrected chi connectivity index (χ2v) is 11.0. The minimum Gasteiger partial charge on any atom is -0.486 e. The number of hydrogen-bond acceptors (Lipinski definition) is 14. The molecule has 0 aliphatic carbocycles. The van der Waals surface area contributed by atoms with Gasteiger partial charge in [-0.15, -0.1) is 0 Å². The van der Waals surface area contributed by atoms with E-state index in [1.165, 1.54) is 0 Å². The number of nitrogens with one attached hydrogen (secondary N) is 1. The Morgan fingerprint density at radius 1 is 1.14 bits per heavy atom. The number of aromatic amines is 1. The first-order chi connectivity index (χ1) is 16.7. The molecule has 0 amide bonds. The highest BCUT2D eigenvalue weighted by Crippen LogP contribution is 2.61. The fourth-order valence-corrected chi connectivity index (χ4v) is 5.84. The average molecular weight is 562 g/mol. The molecule has 2 fully saturated rings. The molecule has 0 radical (unpaired) electrons. The third-order valence-electron chi connectivity index (χ3n) is 5.17. The van der Waals surface area contributed by atoms with E-state index in [-0.39, 0.29) is 5.82 Å². The summed E-state index contributed by atoms with van der Waals surface area (Å²) in [6.45, 7) is -1.87. The zero-order valence-electron chi connectivity index (χ0n) is 18.0. The lowest BCUT2D eigenvalue weighted by Gasteiger charge is -2.19. The van der Waals surface area contributed by atoms with E-state index in [2.05, 4.69) is 8.83 Å². The Labute approximate surface area is 200 Å². The van der Waals surface area contributed by atoms with E-state index < -0.39 is 94.6 Å². The number of nitrogens with zero attached hydrogens (tertiary/aromatic N) is 1. The second kappa shape index (κ2) is 10.9. The van der Waals surface area contributed by atoms with Crippen LogP contribution >= 0.6 is 15.4 Å². The molecule has 3 rings (SSSR count). The van der Waals surface area contributed by atoms with Crippen LogP contribution in [0.1, 0.15) is 6.23 Å². The number of aromatic nitrogens is 2. The van der Waals surface area contributed by atoms with E-state index in [1.54, 1.807) is 0 Å². The maximum atomic E-state index is 12.3. The summed E-state index contributed by atoms with van der Waals surface area (Å²) >= 11 is 0. The van der Waals surface area contributed by atoms with E-state index in [0.717, 1.165) is 16.8 Å². The normalized spacial score (nSPS) is 35.8. The summed E-state index contributed by atoms with van der Waals surface area (Å²) < 4.78 is 44.1. The SMILES string of the molecule is O=c1ccn([C@@H]2O[C@H](COP(=O)(O)OP(=O)(O)/C=C3\O[C@@H]([C@H](O)CO)[C@H](O)[C@H]3O)[C@@H](O)[C@H]2O)c(=O)[nH]1. The molecule has 20 heteroatoms. The van der Waals surface area contributed by atoms with Gasteiger partial charge in [-0.1, -0.05) is 0 Å². The van der Waals surface area contributed by atoms with Gasteiger partial charge in [0.2, 0.25) is 0 Å². The summed E-state index contributed by atoms with van der Waals surface area (Å²) in [5.74, 6) is -0.613. The number of ether oxygens (including phenoxy) is 2. The van der Waals surface area contributed by atoms with E-state index in [1.807, 2.05) is 4.98 Å². The molecule has 2 saturated heterocycles. The van der Waals surface area contributed by atoms with Crippen molar-refractivity contribution in [2.24, 2.45) is 0 Å². The quantitative estimate of drug-likeness (QED) is 0.129. The van der Waals surface area contributed by atoms with Crippen molar-refractivity contribution in [3.8, 4) is 0 Å². The van der Waals surface area contributed by atoms with Crippen LogP contribution in [0.4, 0.5) is 0 Å². The van der Waals surface area contributed by atoms with Crippen LogP contribution in [-0.4, -0.2) is 106 Å². The maximum Gasteiger partial charge on any atom is 0.479 e. The lowest BCUT2D eigenvalue weighted by molar-refractivity contribution is -0.0629. The Morgan fingerprint density at radius 3 is 2.42 bits per heavy atom. The molecule has 0 bridgehead atoms. The first kappa shape index (κ1) is 28.8. The van der Waals surface area contributed by atoms with Gasteiger partial charge in [-0.2, -0.15) is 0 Å². The Morgan fingerprint density at radius 2 is 1.81 bits per heavy atom. The van der Waals surface area contributed by atoms with Gasteiger partial charge in [0.1, 0.15) is 42.4 Å². The maximum absolute atomic E-state index is 12.3. The molecular weight excluding hydrogens is 538 g/mol. The van der Waals surface area contributed by atoms with Crippen LogP contribution in [0.25, 0.3) is 0 Å². The van der Waals surface area contributed by atoms with Crippen LogP contribution in [-0.2, 0) is 27.4 Å². The zero-order valence-corrected chi connectivity index (χ0v) is 19.7. The molecule has 10 atom stereocenters. The average Bonchev–Trinajstić information content (AvgIpc) is 3.21. The van der Waals surface area contributed by atoms with Crippen molar-refractivity contribution in [3.05, 3.63) is 44.7 Å². The van der Waals surface area contributed by atoms with Crippen molar-refractivity contribution >= 4 is 15.4 Å². The number of rotatable bonds is 9. The lowest BCUT2D eigenvalue weighted by atomic mass is 10.1. The minimum absolute atomic E-state index is 0.181. The van der Waals surface area contributed by atoms with Crippen LogP contribution in [0.15, 0.2) is 33.4 Å². The second-order valence-electron chi connectivity index (χ2n) is 7.77. The van der Waals surface area contributed by atoms with E-state index in [9.17, 15) is 54.0 Å². The third-order valence-corrected chi connectivity index (χ3v) is 7.98. The molecule has 0 saturated carbocycles. The van der Waals surface area contributed by atoms with Gasteiger partial charge in [-0.3, -0.25) is 23.4 Å². The van der Waals surface area contributed by atoms with E-state index in [4.69, 9.17) is 14.6 Å². The molecule has 3 heterocycles. The van der Waals surface area contributed by atoms with Crippen molar-refractivity contribution in [2.75, 3.05) is 13.2 Å². The molecular formula is C16H24N2O16P2.